The predicted molar refractivity (Wildman–Crippen MR) is 41.1 cm³/mol. The molecule has 0 bridgehead atoms. The average Bonchev–Trinajstić information content (AvgIpc) is 1.95. The Morgan fingerprint density at radius 2 is 2.70 bits per heavy atom. The third-order valence-corrected chi connectivity index (χ3v) is 1.37. The summed E-state index contributed by atoms with van der Waals surface area (Å²) in [4.78, 5) is 4.08. The molecule has 3 heteroatoms. The molecule has 1 unspecified atom stereocenters. The minimum atomic E-state index is -0.312. The maximum Gasteiger partial charge on any atom is 0.100 e. The van der Waals surface area contributed by atoms with E-state index in [1.807, 2.05) is 0 Å². The summed E-state index contributed by atoms with van der Waals surface area (Å²) in [6.45, 7) is 4.73. The van der Waals surface area contributed by atoms with Crippen molar-refractivity contribution in [1.29, 1.82) is 0 Å². The number of aliphatic hydroxyl groups excluding tert-OH is 1. The monoisotopic (exact) mass is 140 g/mol. The number of aliphatic imine (C=N–C) groups is 1. The molecule has 0 aliphatic carbocycles. The first-order chi connectivity index (χ1) is 4.83. The molecule has 0 amide bonds. The third-order valence-electron chi connectivity index (χ3n) is 1.37. The van der Waals surface area contributed by atoms with E-state index in [0.29, 0.717) is 13.1 Å². The van der Waals surface area contributed by atoms with Gasteiger partial charge in [0, 0.05) is 13.0 Å². The maximum atomic E-state index is 9.00. The van der Waals surface area contributed by atoms with E-state index in [9.17, 15) is 0 Å². The lowest BCUT2D eigenvalue weighted by atomic mass is 10.3. The van der Waals surface area contributed by atoms with E-state index in [4.69, 9.17) is 5.11 Å². The summed E-state index contributed by atoms with van der Waals surface area (Å²) in [5.74, 6) is 0.931. The molecule has 56 valence electrons. The summed E-state index contributed by atoms with van der Waals surface area (Å²) < 4.78 is 0. The molecule has 2 N–H and O–H groups in total. The number of amidine groups is 1. The fourth-order valence-electron chi connectivity index (χ4n) is 0.845. The van der Waals surface area contributed by atoms with Gasteiger partial charge in [-0.15, -0.1) is 6.58 Å². The molecule has 1 atom stereocenters. The molecule has 1 rings (SSSR count). The zero-order valence-corrected chi connectivity index (χ0v) is 5.88. The van der Waals surface area contributed by atoms with Crippen molar-refractivity contribution < 1.29 is 5.11 Å². The molecule has 1 heterocycles. The molecule has 0 fully saturated rings. The highest BCUT2D eigenvalue weighted by Gasteiger charge is 2.09. The zero-order chi connectivity index (χ0) is 7.40. The average molecular weight is 140 g/mol. The standard InChI is InChI=1S/C7H12N2O/c1-2-3-7-8-4-6(10)5-9-7/h2,6,10H,1,3-5H2,(H,8,9). The Hall–Kier alpha value is -0.830. The Kier molecular flexibility index (Phi) is 2.45. The first kappa shape index (κ1) is 7.28. The molecule has 0 saturated carbocycles. The lowest BCUT2D eigenvalue weighted by molar-refractivity contribution is 0.181. The Morgan fingerprint density at radius 1 is 1.90 bits per heavy atom. The van der Waals surface area contributed by atoms with Gasteiger partial charge in [-0.05, 0) is 0 Å². The summed E-state index contributed by atoms with van der Waals surface area (Å²) in [6.07, 6.45) is 2.25. The van der Waals surface area contributed by atoms with Crippen molar-refractivity contribution in [3.63, 3.8) is 0 Å². The highest BCUT2D eigenvalue weighted by Crippen LogP contribution is 1.94. The van der Waals surface area contributed by atoms with Gasteiger partial charge in [0.05, 0.1) is 12.6 Å². The molecule has 0 spiro atoms. The lowest BCUT2D eigenvalue weighted by Gasteiger charge is -2.17. The number of hydrogen-bond donors (Lipinski definition) is 2. The van der Waals surface area contributed by atoms with Crippen molar-refractivity contribution in [2.75, 3.05) is 13.1 Å². The number of hydrogen-bond acceptors (Lipinski definition) is 3. The molecule has 0 radical (unpaired) electrons. The fraction of sp³-hybridized carbons (Fsp3) is 0.571. The second-order valence-electron chi connectivity index (χ2n) is 2.31. The van der Waals surface area contributed by atoms with Crippen LogP contribution in [0.1, 0.15) is 6.42 Å². The number of rotatable bonds is 2. The van der Waals surface area contributed by atoms with E-state index >= 15 is 0 Å². The van der Waals surface area contributed by atoms with Crippen LogP contribution in [-0.4, -0.2) is 30.1 Å². The van der Waals surface area contributed by atoms with Gasteiger partial charge in [0.25, 0.3) is 0 Å². The van der Waals surface area contributed by atoms with Crippen molar-refractivity contribution in [3.8, 4) is 0 Å². The van der Waals surface area contributed by atoms with E-state index in [1.54, 1.807) is 6.08 Å². The minimum absolute atomic E-state index is 0.312. The maximum absolute atomic E-state index is 9.00. The van der Waals surface area contributed by atoms with E-state index in [2.05, 4.69) is 16.9 Å². The topological polar surface area (TPSA) is 44.6 Å². The molecule has 0 aromatic carbocycles. The number of nitrogens with one attached hydrogen (secondary N) is 1. The van der Waals surface area contributed by atoms with Crippen LogP contribution in [0.5, 0.6) is 0 Å². The van der Waals surface area contributed by atoms with Crippen LogP contribution >= 0.6 is 0 Å². The molecule has 1 aliphatic heterocycles. The Balaban J connectivity index is 2.40. The largest absolute Gasteiger partial charge is 0.389 e. The summed E-state index contributed by atoms with van der Waals surface area (Å²) in [5.41, 5.74) is 0. The number of nitrogens with zero attached hydrogens (tertiary/aromatic N) is 1. The fourth-order valence-corrected chi connectivity index (χ4v) is 0.845. The van der Waals surface area contributed by atoms with Crippen molar-refractivity contribution in [1.82, 2.24) is 5.32 Å². The van der Waals surface area contributed by atoms with Crippen molar-refractivity contribution >= 4 is 5.84 Å². The van der Waals surface area contributed by atoms with Crippen LogP contribution in [0.3, 0.4) is 0 Å². The molecule has 0 aromatic heterocycles. The third kappa shape index (κ3) is 1.84. The van der Waals surface area contributed by atoms with Crippen molar-refractivity contribution in [2.24, 2.45) is 4.99 Å². The molecular weight excluding hydrogens is 128 g/mol. The van der Waals surface area contributed by atoms with Gasteiger partial charge < -0.3 is 10.4 Å². The molecule has 1 aliphatic rings. The van der Waals surface area contributed by atoms with Crippen LogP contribution in [0.4, 0.5) is 0 Å². The van der Waals surface area contributed by atoms with Gasteiger partial charge in [-0.25, -0.2) is 0 Å². The summed E-state index contributed by atoms with van der Waals surface area (Å²) >= 11 is 0. The van der Waals surface area contributed by atoms with Gasteiger partial charge in [0.2, 0.25) is 0 Å². The highest BCUT2D eigenvalue weighted by molar-refractivity contribution is 5.83. The first-order valence-corrected chi connectivity index (χ1v) is 3.39. The molecule has 10 heavy (non-hydrogen) atoms. The zero-order valence-electron chi connectivity index (χ0n) is 5.88. The van der Waals surface area contributed by atoms with Crippen molar-refractivity contribution in [2.45, 2.75) is 12.5 Å². The van der Waals surface area contributed by atoms with Crippen LogP contribution in [0.25, 0.3) is 0 Å². The molecule has 0 aromatic rings. The van der Waals surface area contributed by atoms with Crippen LogP contribution in [0.15, 0.2) is 17.6 Å². The van der Waals surface area contributed by atoms with E-state index in [-0.39, 0.29) is 6.10 Å². The van der Waals surface area contributed by atoms with E-state index < -0.39 is 0 Å². The minimum Gasteiger partial charge on any atom is -0.389 e. The lowest BCUT2D eigenvalue weighted by Crippen LogP contribution is -2.38. The van der Waals surface area contributed by atoms with Crippen LogP contribution in [0, 0.1) is 0 Å². The number of β-amino-alcohol motifs (C(OH)–C–C–N with tert-alkyl or cyclic N) is 1. The second kappa shape index (κ2) is 3.37. The second-order valence-corrected chi connectivity index (χ2v) is 2.31. The van der Waals surface area contributed by atoms with E-state index in [0.717, 1.165) is 12.3 Å². The summed E-state index contributed by atoms with van der Waals surface area (Å²) in [6, 6.07) is 0. The molecule has 0 saturated heterocycles. The van der Waals surface area contributed by atoms with Crippen LogP contribution in [0.2, 0.25) is 0 Å². The van der Waals surface area contributed by atoms with Gasteiger partial charge in [-0.2, -0.15) is 0 Å². The van der Waals surface area contributed by atoms with E-state index in [1.165, 1.54) is 0 Å². The first-order valence-electron chi connectivity index (χ1n) is 3.39. The number of aliphatic hydroxyl groups is 1. The van der Waals surface area contributed by atoms with Gasteiger partial charge in [-0.1, -0.05) is 6.08 Å². The van der Waals surface area contributed by atoms with Gasteiger partial charge in [-0.3, -0.25) is 4.99 Å². The van der Waals surface area contributed by atoms with Gasteiger partial charge in [0.1, 0.15) is 5.84 Å². The molecule has 3 nitrogen and oxygen atoms in total. The smallest absolute Gasteiger partial charge is 0.100 e. The summed E-state index contributed by atoms with van der Waals surface area (Å²) in [5, 5.41) is 12.0. The Labute approximate surface area is 60.5 Å². The Bertz CT molecular complexity index is 154. The van der Waals surface area contributed by atoms with Crippen LogP contribution < -0.4 is 5.32 Å². The van der Waals surface area contributed by atoms with Crippen molar-refractivity contribution in [3.05, 3.63) is 12.7 Å². The Morgan fingerprint density at radius 3 is 3.20 bits per heavy atom. The summed E-state index contributed by atoms with van der Waals surface area (Å²) in [7, 11) is 0. The van der Waals surface area contributed by atoms with Crippen LogP contribution in [-0.2, 0) is 0 Å². The normalized spacial score (nSPS) is 24.9. The highest BCUT2D eigenvalue weighted by atomic mass is 16.3. The SMILES string of the molecule is C=CCC1=NCC(O)CN1. The predicted octanol–water partition coefficient (Wildman–Crippen LogP) is -0.0749. The molecular formula is C7H12N2O. The quantitative estimate of drug-likeness (QED) is 0.527. The van der Waals surface area contributed by atoms with Gasteiger partial charge in [0.15, 0.2) is 0 Å². The van der Waals surface area contributed by atoms with Gasteiger partial charge >= 0.3 is 0 Å².